The van der Waals surface area contributed by atoms with E-state index in [1.807, 2.05) is 42.5 Å². The van der Waals surface area contributed by atoms with Gasteiger partial charge in [0.25, 0.3) is 5.91 Å². The van der Waals surface area contributed by atoms with Crippen molar-refractivity contribution in [3.05, 3.63) is 65.7 Å². The highest BCUT2D eigenvalue weighted by Crippen LogP contribution is 2.27. The maximum Gasteiger partial charge on any atom is 0.286 e. The smallest absolute Gasteiger partial charge is 0.286 e. The maximum absolute atomic E-state index is 12.7. The Morgan fingerprint density at radius 1 is 1.06 bits per heavy atom. The van der Waals surface area contributed by atoms with E-state index in [4.69, 9.17) is 5.21 Å². The number of hydrogen-bond donors (Lipinski definition) is 3. The van der Waals surface area contributed by atoms with Gasteiger partial charge in [-0.15, -0.1) is 0 Å². The second-order valence-corrected chi connectivity index (χ2v) is 10.4. The maximum atomic E-state index is 12.7. The van der Waals surface area contributed by atoms with Gasteiger partial charge in [-0.25, -0.2) is 23.6 Å². The Morgan fingerprint density at radius 3 is 2.38 bits per heavy atom. The lowest BCUT2D eigenvalue weighted by Crippen LogP contribution is -2.38. The largest absolute Gasteiger partial charge is 0.348 e. The average Bonchev–Trinajstić information content (AvgIpc) is 3.34. The Labute approximate surface area is 190 Å². The molecule has 10 heteroatoms. The molecule has 8 nitrogen and oxygen atoms in total. The molecule has 4 rings (SSSR count). The van der Waals surface area contributed by atoms with Gasteiger partial charge < -0.3 is 4.90 Å². The lowest BCUT2D eigenvalue weighted by molar-refractivity contribution is 0.0710. The van der Waals surface area contributed by atoms with E-state index in [0.29, 0.717) is 11.4 Å². The van der Waals surface area contributed by atoms with Crippen LogP contribution in [0.15, 0.2) is 65.7 Å². The minimum absolute atomic E-state index is 0.227. The average molecular weight is 473 g/mol. The van der Waals surface area contributed by atoms with Gasteiger partial charge in [-0.2, -0.15) is 0 Å². The van der Waals surface area contributed by atoms with Crippen molar-refractivity contribution in [2.45, 2.75) is 17.7 Å². The standard InChI is InChI=1S/C22H24N4O4S2/c27-21(25-28)20-15-23-22(31-20)26-12-10-16(11-13-26)14-24-32(29,30)19-8-6-18(7-9-19)17-4-2-1-3-5-17/h1-9,15-16,24,28H,10-14H2,(H,25,27). The predicted molar refractivity (Wildman–Crippen MR) is 123 cm³/mol. The summed E-state index contributed by atoms with van der Waals surface area (Å²) in [7, 11) is -3.58. The molecule has 0 aliphatic carbocycles. The van der Waals surface area contributed by atoms with Crippen molar-refractivity contribution < 1.29 is 18.4 Å². The van der Waals surface area contributed by atoms with Gasteiger partial charge in [0.15, 0.2) is 5.13 Å². The first kappa shape index (κ1) is 22.4. The molecule has 1 aromatic heterocycles. The summed E-state index contributed by atoms with van der Waals surface area (Å²) in [5.41, 5.74) is 3.62. The number of piperidine rings is 1. The monoisotopic (exact) mass is 472 g/mol. The van der Waals surface area contributed by atoms with Crippen LogP contribution < -0.4 is 15.1 Å². The summed E-state index contributed by atoms with van der Waals surface area (Å²) in [6, 6.07) is 16.7. The van der Waals surface area contributed by atoms with E-state index >= 15 is 0 Å². The Balaban J connectivity index is 1.30. The summed E-state index contributed by atoms with van der Waals surface area (Å²) in [6.07, 6.45) is 3.07. The van der Waals surface area contributed by atoms with Crippen molar-refractivity contribution in [2.24, 2.45) is 5.92 Å². The van der Waals surface area contributed by atoms with Crippen molar-refractivity contribution in [2.75, 3.05) is 24.5 Å². The molecule has 168 valence electrons. The Morgan fingerprint density at radius 2 is 1.72 bits per heavy atom. The van der Waals surface area contributed by atoms with E-state index in [1.165, 1.54) is 17.5 Å². The first-order chi connectivity index (χ1) is 15.5. The minimum atomic E-state index is -3.58. The Bertz CT molecular complexity index is 1160. The quantitative estimate of drug-likeness (QED) is 0.360. The van der Waals surface area contributed by atoms with Crippen molar-refractivity contribution >= 4 is 32.4 Å². The van der Waals surface area contributed by atoms with Crippen LogP contribution in [0.1, 0.15) is 22.5 Å². The molecule has 1 aliphatic rings. The van der Waals surface area contributed by atoms with Crippen LogP contribution in [-0.2, 0) is 10.0 Å². The highest BCUT2D eigenvalue weighted by molar-refractivity contribution is 7.89. The second-order valence-electron chi connectivity index (χ2n) is 7.62. The number of amides is 1. The minimum Gasteiger partial charge on any atom is -0.348 e. The van der Waals surface area contributed by atoms with Crippen LogP contribution in [0.4, 0.5) is 5.13 Å². The van der Waals surface area contributed by atoms with Crippen molar-refractivity contribution in [3.8, 4) is 11.1 Å². The lowest BCUT2D eigenvalue weighted by atomic mass is 9.97. The van der Waals surface area contributed by atoms with Gasteiger partial charge in [0, 0.05) is 19.6 Å². The van der Waals surface area contributed by atoms with Crippen molar-refractivity contribution in [1.82, 2.24) is 15.2 Å². The number of sulfonamides is 1. The third-order valence-corrected chi connectivity index (χ3v) is 8.03. The zero-order valence-corrected chi connectivity index (χ0v) is 18.9. The molecular weight excluding hydrogens is 448 g/mol. The summed E-state index contributed by atoms with van der Waals surface area (Å²) in [5.74, 6) is -0.348. The first-order valence-electron chi connectivity index (χ1n) is 10.3. The Kier molecular flexibility index (Phi) is 6.85. The summed E-state index contributed by atoms with van der Waals surface area (Å²) >= 11 is 1.22. The summed E-state index contributed by atoms with van der Waals surface area (Å²) in [6.45, 7) is 1.84. The number of thiazole rings is 1. The number of nitrogens with one attached hydrogen (secondary N) is 2. The lowest BCUT2D eigenvalue weighted by Gasteiger charge is -2.31. The molecule has 2 heterocycles. The number of benzene rings is 2. The molecular formula is C22H24N4O4S2. The molecule has 0 spiro atoms. The number of nitrogens with zero attached hydrogens (tertiary/aromatic N) is 2. The van der Waals surface area contributed by atoms with Crippen LogP contribution in [0.25, 0.3) is 11.1 Å². The van der Waals surface area contributed by atoms with Crippen molar-refractivity contribution in [3.63, 3.8) is 0 Å². The van der Waals surface area contributed by atoms with Crippen molar-refractivity contribution in [1.29, 1.82) is 0 Å². The normalized spacial score (nSPS) is 15.0. The van der Waals surface area contributed by atoms with E-state index in [1.54, 1.807) is 17.6 Å². The van der Waals surface area contributed by atoms with Crippen LogP contribution >= 0.6 is 11.3 Å². The molecule has 1 saturated heterocycles. The summed E-state index contributed by atoms with van der Waals surface area (Å²) < 4.78 is 28.2. The number of hydrogen-bond acceptors (Lipinski definition) is 7. The van der Waals surface area contributed by atoms with E-state index in [-0.39, 0.29) is 10.8 Å². The van der Waals surface area contributed by atoms with E-state index < -0.39 is 15.9 Å². The van der Waals surface area contributed by atoms with Gasteiger partial charge in [0.1, 0.15) is 4.88 Å². The zero-order chi connectivity index (χ0) is 22.6. The predicted octanol–water partition coefficient (Wildman–Crippen LogP) is 3.12. The number of aromatic nitrogens is 1. The van der Waals surface area contributed by atoms with Gasteiger partial charge in [-0.3, -0.25) is 10.0 Å². The summed E-state index contributed by atoms with van der Waals surface area (Å²) in [4.78, 5) is 18.4. The van der Waals surface area contributed by atoms with Gasteiger partial charge in [-0.1, -0.05) is 53.8 Å². The van der Waals surface area contributed by atoms with E-state index in [0.717, 1.165) is 42.2 Å². The van der Waals surface area contributed by atoms with Crippen LogP contribution in [0, 0.1) is 5.92 Å². The zero-order valence-electron chi connectivity index (χ0n) is 17.3. The molecule has 1 aliphatic heterocycles. The Hall–Kier alpha value is -2.79. The molecule has 0 atom stereocenters. The van der Waals surface area contributed by atoms with Gasteiger partial charge >= 0.3 is 0 Å². The molecule has 3 aromatic rings. The second kappa shape index (κ2) is 9.78. The van der Waals surface area contributed by atoms with Crippen LogP contribution in [0.5, 0.6) is 0 Å². The molecule has 1 fully saturated rings. The molecule has 1 amide bonds. The molecule has 3 N–H and O–H groups in total. The third-order valence-electron chi connectivity index (χ3n) is 5.54. The van der Waals surface area contributed by atoms with Crippen LogP contribution in [0.3, 0.4) is 0 Å². The summed E-state index contributed by atoms with van der Waals surface area (Å²) in [5, 5.41) is 9.45. The number of carbonyl (C=O) groups is 1. The van der Waals surface area contributed by atoms with E-state index in [9.17, 15) is 13.2 Å². The molecule has 2 aromatic carbocycles. The fourth-order valence-corrected chi connectivity index (χ4v) is 5.64. The fourth-order valence-electron chi connectivity index (χ4n) is 3.67. The fraction of sp³-hybridized carbons (Fsp3) is 0.273. The van der Waals surface area contributed by atoms with Crippen LogP contribution in [-0.4, -0.2) is 44.2 Å². The third kappa shape index (κ3) is 5.16. The number of anilines is 1. The van der Waals surface area contributed by atoms with Gasteiger partial charge in [0.05, 0.1) is 11.1 Å². The number of rotatable bonds is 7. The van der Waals surface area contributed by atoms with Crippen LogP contribution in [0.2, 0.25) is 0 Å². The SMILES string of the molecule is O=C(NO)c1cnc(N2CCC(CNS(=O)(=O)c3ccc(-c4ccccc4)cc3)CC2)s1. The molecule has 0 bridgehead atoms. The molecule has 0 radical (unpaired) electrons. The highest BCUT2D eigenvalue weighted by atomic mass is 32.2. The topological polar surface area (TPSA) is 112 Å². The van der Waals surface area contributed by atoms with Gasteiger partial charge in [-0.05, 0) is 42.0 Å². The first-order valence-corrected chi connectivity index (χ1v) is 12.6. The highest BCUT2D eigenvalue weighted by Gasteiger charge is 2.24. The van der Waals surface area contributed by atoms with E-state index in [2.05, 4.69) is 14.6 Å². The molecule has 32 heavy (non-hydrogen) atoms. The molecule has 0 unspecified atom stereocenters. The number of hydroxylamine groups is 1. The molecule has 0 saturated carbocycles. The van der Waals surface area contributed by atoms with Gasteiger partial charge in [0.2, 0.25) is 10.0 Å². The number of carbonyl (C=O) groups excluding carboxylic acids is 1.